The van der Waals surface area contributed by atoms with E-state index in [4.69, 9.17) is 0 Å². The normalized spacial score (nSPS) is 18.6. The number of allylic oxidation sites excluding steroid dienone is 4. The summed E-state index contributed by atoms with van der Waals surface area (Å²) in [6, 6.07) is 34.6. The van der Waals surface area contributed by atoms with Crippen molar-refractivity contribution in [3.8, 4) is 0 Å². The molecule has 0 amide bonds. The highest BCUT2D eigenvalue weighted by Gasteiger charge is 2.48. The van der Waals surface area contributed by atoms with Gasteiger partial charge in [0.15, 0.2) is 0 Å². The molecule has 0 saturated heterocycles. The largest absolute Gasteiger partial charge is 0.311 e. The van der Waals surface area contributed by atoms with Crippen LogP contribution in [0, 0.1) is 6.92 Å². The van der Waals surface area contributed by atoms with Crippen molar-refractivity contribution >= 4 is 78.0 Å². The molecule has 4 aliphatic rings. The first-order valence-corrected chi connectivity index (χ1v) is 24.4. The quantitative estimate of drug-likeness (QED) is 0.163. The van der Waals surface area contributed by atoms with Crippen LogP contribution in [0.25, 0.3) is 10.1 Å². The Morgan fingerprint density at radius 1 is 0.603 bits per heavy atom. The highest BCUT2D eigenvalue weighted by molar-refractivity contribution is 7.33. The van der Waals surface area contributed by atoms with Crippen molar-refractivity contribution in [1.29, 1.82) is 0 Å². The molecule has 322 valence electrons. The number of hydrogen-bond donors (Lipinski definition) is 0. The molecule has 0 spiro atoms. The fourth-order valence-corrected chi connectivity index (χ4v) is 12.4. The molecule has 0 bridgehead atoms. The van der Waals surface area contributed by atoms with Crippen molar-refractivity contribution in [3.63, 3.8) is 0 Å². The molecule has 2 nitrogen and oxygen atoms in total. The van der Waals surface area contributed by atoms with Gasteiger partial charge < -0.3 is 9.80 Å². The smallest absolute Gasteiger partial charge is 0.264 e. The van der Waals surface area contributed by atoms with Crippen LogP contribution in [0.2, 0.25) is 0 Å². The minimum absolute atomic E-state index is 0.0249. The zero-order valence-corrected chi connectivity index (χ0v) is 41.3. The molecule has 1 unspecified atom stereocenters. The molecule has 0 N–H and O–H groups in total. The molecule has 1 atom stereocenters. The highest BCUT2D eigenvalue weighted by atomic mass is 32.1. The highest BCUT2D eigenvalue weighted by Crippen LogP contribution is 2.53. The number of hydrogen-bond acceptors (Lipinski definition) is 3. The summed E-state index contributed by atoms with van der Waals surface area (Å²) in [5.74, 6) is 0.283. The summed E-state index contributed by atoms with van der Waals surface area (Å²) in [7, 11) is 0. The Kier molecular flexibility index (Phi) is 9.44. The van der Waals surface area contributed by atoms with Crippen LogP contribution in [-0.2, 0) is 27.1 Å². The predicted molar refractivity (Wildman–Crippen MR) is 278 cm³/mol. The van der Waals surface area contributed by atoms with Crippen molar-refractivity contribution in [2.24, 2.45) is 0 Å². The first-order chi connectivity index (χ1) is 29.5. The molecule has 0 saturated carbocycles. The fraction of sp³-hybridized carbons (Fsp3) is 0.390. The van der Waals surface area contributed by atoms with Crippen LogP contribution in [-0.4, -0.2) is 6.71 Å². The first kappa shape index (κ1) is 42.2. The van der Waals surface area contributed by atoms with Crippen LogP contribution in [0.4, 0.5) is 34.1 Å². The van der Waals surface area contributed by atoms with E-state index in [1.807, 2.05) is 11.3 Å². The number of rotatable bonds is 3. The van der Waals surface area contributed by atoms with E-state index in [2.05, 4.69) is 216 Å². The third kappa shape index (κ3) is 6.79. The minimum atomic E-state index is 0.0249. The molecule has 0 radical (unpaired) electrons. The molecular weight excluding hydrogens is 780 g/mol. The van der Waals surface area contributed by atoms with E-state index in [1.54, 1.807) is 0 Å². The average Bonchev–Trinajstić information content (AvgIpc) is 3.60. The number of thiophene rings is 1. The molecule has 0 fully saturated rings. The Labute approximate surface area is 383 Å². The monoisotopic (exact) mass is 847 g/mol. The molecule has 3 heterocycles. The Balaban J connectivity index is 1.34. The van der Waals surface area contributed by atoms with Gasteiger partial charge in [-0.15, -0.1) is 11.3 Å². The Morgan fingerprint density at radius 3 is 1.81 bits per heavy atom. The van der Waals surface area contributed by atoms with E-state index in [9.17, 15) is 0 Å². The van der Waals surface area contributed by atoms with Crippen LogP contribution in [0.15, 0.2) is 109 Å². The van der Waals surface area contributed by atoms with Gasteiger partial charge in [0.25, 0.3) is 6.71 Å². The maximum Gasteiger partial charge on any atom is 0.264 e. The number of aryl methyl sites for hydroxylation is 1. The van der Waals surface area contributed by atoms with Crippen molar-refractivity contribution < 1.29 is 0 Å². The predicted octanol–water partition coefficient (Wildman–Crippen LogP) is 15.1. The van der Waals surface area contributed by atoms with Gasteiger partial charge in [-0.1, -0.05) is 151 Å². The number of fused-ring (bicyclic) bond motifs is 7. The second kappa shape index (κ2) is 14.1. The van der Waals surface area contributed by atoms with Crippen LogP contribution in [0.3, 0.4) is 0 Å². The summed E-state index contributed by atoms with van der Waals surface area (Å²) in [4.78, 5) is 5.38. The minimum Gasteiger partial charge on any atom is -0.311 e. The van der Waals surface area contributed by atoms with Gasteiger partial charge in [0.2, 0.25) is 0 Å². The Hall–Kier alpha value is -4.80. The van der Waals surface area contributed by atoms with E-state index >= 15 is 0 Å². The zero-order chi connectivity index (χ0) is 44.8. The van der Waals surface area contributed by atoms with Gasteiger partial charge >= 0.3 is 0 Å². The van der Waals surface area contributed by atoms with Gasteiger partial charge in [-0.25, -0.2) is 0 Å². The van der Waals surface area contributed by atoms with Crippen molar-refractivity contribution in [2.75, 3.05) is 9.80 Å². The van der Waals surface area contributed by atoms with Crippen LogP contribution in [0.5, 0.6) is 0 Å². The van der Waals surface area contributed by atoms with E-state index < -0.39 is 0 Å². The van der Waals surface area contributed by atoms with Crippen molar-refractivity contribution in [3.05, 3.63) is 148 Å². The number of nitrogens with zero attached hydrogens (tertiary/aromatic N) is 2. The summed E-state index contributed by atoms with van der Waals surface area (Å²) in [5, 5.41) is 1.36. The lowest BCUT2D eigenvalue weighted by atomic mass is 9.35. The average molecular weight is 847 g/mol. The van der Waals surface area contributed by atoms with Gasteiger partial charge in [0, 0.05) is 49.2 Å². The maximum atomic E-state index is 2.72. The lowest BCUT2D eigenvalue weighted by Gasteiger charge is -2.47. The molecule has 4 heteroatoms. The molecule has 10 rings (SSSR count). The van der Waals surface area contributed by atoms with E-state index in [-0.39, 0.29) is 39.7 Å². The number of anilines is 6. The molecule has 63 heavy (non-hydrogen) atoms. The third-order valence-electron chi connectivity index (χ3n) is 15.1. The first-order valence-electron chi connectivity index (χ1n) is 23.6. The summed E-state index contributed by atoms with van der Waals surface area (Å²) in [5.41, 5.74) is 20.7. The van der Waals surface area contributed by atoms with Crippen molar-refractivity contribution in [1.82, 2.24) is 0 Å². The molecular formula is C59H67BN2S. The topological polar surface area (TPSA) is 6.48 Å². The molecule has 6 aromatic rings. The van der Waals surface area contributed by atoms with Crippen LogP contribution >= 0.6 is 11.3 Å². The number of benzene rings is 5. The molecule has 2 aliphatic carbocycles. The maximum absolute atomic E-state index is 2.72. The fourth-order valence-electron chi connectivity index (χ4n) is 11.1. The van der Waals surface area contributed by atoms with Gasteiger partial charge in [-0.05, 0) is 152 Å². The summed E-state index contributed by atoms with van der Waals surface area (Å²) in [6.07, 6.45) is 12.6. The van der Waals surface area contributed by atoms with Crippen molar-refractivity contribution in [2.45, 2.75) is 149 Å². The van der Waals surface area contributed by atoms with Gasteiger partial charge in [0.05, 0.1) is 5.69 Å². The van der Waals surface area contributed by atoms with Crippen LogP contribution < -0.4 is 25.5 Å². The van der Waals surface area contributed by atoms with E-state index in [1.165, 1.54) is 112 Å². The molecule has 5 aromatic carbocycles. The van der Waals surface area contributed by atoms with Gasteiger partial charge in [-0.3, -0.25) is 0 Å². The lowest BCUT2D eigenvalue weighted by Crippen LogP contribution is -2.61. The van der Waals surface area contributed by atoms with Gasteiger partial charge in [0.1, 0.15) is 0 Å². The summed E-state index contributed by atoms with van der Waals surface area (Å²) in [6.45, 7) is 33.4. The van der Waals surface area contributed by atoms with Gasteiger partial charge in [-0.2, -0.15) is 0 Å². The van der Waals surface area contributed by atoms with E-state index in [0.717, 1.165) is 6.42 Å². The summed E-state index contributed by atoms with van der Waals surface area (Å²) >= 11 is 2.02. The third-order valence-corrected chi connectivity index (χ3v) is 16.4. The zero-order valence-electron chi connectivity index (χ0n) is 40.5. The standard InChI is InChI=1S/C59H67BN2S/c1-36-30-49-52-50(31-36)62(47-26-22-39(56(5,6)7)32-42(47)37-18-16-15-17-19-37)48-35-45-44(58(11,12)28-29-59(45,13)14)34-46(48)60(52)54-53(43-33-40(57(8,9)10)23-27-51(43)63-54)61(49)41-24-20-38(21-25-41)55(2,3)4/h15-18,20-27,30-35,37H,19,28-29H2,1-14H3. The second-order valence-electron chi connectivity index (χ2n) is 23.8. The van der Waals surface area contributed by atoms with Crippen LogP contribution in [0.1, 0.15) is 154 Å². The summed E-state index contributed by atoms with van der Waals surface area (Å²) < 4.78 is 2.81. The molecule has 1 aromatic heterocycles. The van der Waals surface area contributed by atoms with E-state index in [0.29, 0.717) is 0 Å². The second-order valence-corrected chi connectivity index (χ2v) is 24.9. The molecule has 2 aliphatic heterocycles. The Bertz CT molecular complexity index is 2900. The Morgan fingerprint density at radius 2 is 1.19 bits per heavy atom. The lowest BCUT2D eigenvalue weighted by molar-refractivity contribution is 0.332. The SMILES string of the molecule is Cc1cc2c3c(c1)N(c1ccc(C(C)(C)C)cc1)c1c(sc4ccc(C(C)(C)C)cc14)B3c1cc3c(cc1N2c1ccc(C(C)(C)C)cc1C1C=CC=CC1)C(C)(C)CCC3(C)C.